The van der Waals surface area contributed by atoms with Gasteiger partial charge in [-0.25, -0.2) is 9.67 Å². The van der Waals surface area contributed by atoms with Crippen LogP contribution in [0.15, 0.2) is 41.3 Å². The number of halogens is 2. The molecule has 0 atom stereocenters. The Morgan fingerprint density at radius 3 is 2.88 bits per heavy atom. The quantitative estimate of drug-likeness (QED) is 0.699. The van der Waals surface area contributed by atoms with Crippen molar-refractivity contribution in [2.24, 2.45) is 0 Å². The summed E-state index contributed by atoms with van der Waals surface area (Å²) in [4.78, 5) is 29.0. The maximum Gasteiger partial charge on any atom is 0.267 e. The lowest BCUT2D eigenvalue weighted by Gasteiger charge is -2.05. The van der Waals surface area contributed by atoms with Gasteiger partial charge in [0.25, 0.3) is 5.56 Å². The van der Waals surface area contributed by atoms with Crippen molar-refractivity contribution in [2.75, 3.05) is 5.32 Å². The fourth-order valence-corrected chi connectivity index (χ4v) is 3.52. The maximum atomic E-state index is 12.1. The molecule has 3 rings (SSSR count). The van der Waals surface area contributed by atoms with E-state index in [2.05, 4.69) is 15.4 Å². The second kappa shape index (κ2) is 7.99. The minimum absolute atomic E-state index is 0.171. The van der Waals surface area contributed by atoms with Crippen molar-refractivity contribution in [2.45, 2.75) is 19.9 Å². The molecule has 0 radical (unpaired) electrons. The Hall–Kier alpha value is -2.22. The van der Waals surface area contributed by atoms with E-state index in [-0.39, 0.29) is 18.0 Å². The number of carbonyl (C=O) groups is 1. The Kier molecular flexibility index (Phi) is 5.70. The van der Waals surface area contributed by atoms with Crippen molar-refractivity contribution in [1.29, 1.82) is 0 Å². The molecule has 3 aromatic rings. The highest BCUT2D eigenvalue weighted by Crippen LogP contribution is 2.29. The number of aromatic nitrogens is 3. The minimum Gasteiger partial charge on any atom is -0.300 e. The van der Waals surface area contributed by atoms with Crippen LogP contribution < -0.4 is 10.9 Å². The lowest BCUT2D eigenvalue weighted by Crippen LogP contribution is -2.29. The molecule has 26 heavy (non-hydrogen) atoms. The molecule has 0 aliphatic rings. The highest BCUT2D eigenvalue weighted by atomic mass is 35.5. The average Bonchev–Trinajstić information content (AvgIpc) is 3.02. The van der Waals surface area contributed by atoms with Crippen molar-refractivity contribution in [3.63, 3.8) is 0 Å². The van der Waals surface area contributed by atoms with Gasteiger partial charge in [-0.3, -0.25) is 9.59 Å². The van der Waals surface area contributed by atoms with Crippen LogP contribution in [0, 0.1) is 6.92 Å². The predicted molar refractivity (Wildman–Crippen MR) is 103 cm³/mol. The van der Waals surface area contributed by atoms with Crippen molar-refractivity contribution in [3.05, 3.63) is 73.1 Å². The average molecular weight is 409 g/mol. The van der Waals surface area contributed by atoms with Crippen molar-refractivity contribution in [3.8, 4) is 0 Å². The Bertz CT molecular complexity index is 1020. The van der Waals surface area contributed by atoms with Crippen LogP contribution in [0.25, 0.3) is 0 Å². The van der Waals surface area contributed by atoms with Gasteiger partial charge in [-0.15, -0.1) is 11.3 Å². The molecular weight excluding hydrogens is 395 g/mol. The number of amides is 1. The molecule has 1 N–H and O–H groups in total. The molecule has 134 valence electrons. The fourth-order valence-electron chi connectivity index (χ4n) is 2.28. The van der Waals surface area contributed by atoms with Gasteiger partial charge < -0.3 is 5.32 Å². The maximum absolute atomic E-state index is 12.1. The minimum atomic E-state index is -0.369. The summed E-state index contributed by atoms with van der Waals surface area (Å²) in [5.74, 6) is -0.369. The van der Waals surface area contributed by atoms with Gasteiger partial charge in [0.1, 0.15) is 6.54 Å². The molecule has 0 saturated carbocycles. The lowest BCUT2D eigenvalue weighted by atomic mass is 10.1. The summed E-state index contributed by atoms with van der Waals surface area (Å²) in [5, 5.41) is 8.17. The zero-order valence-corrected chi connectivity index (χ0v) is 16.0. The molecule has 0 fully saturated rings. The van der Waals surface area contributed by atoms with E-state index in [1.807, 2.05) is 12.1 Å². The molecule has 0 aliphatic carbocycles. The number of carbonyl (C=O) groups excluding carboxylic acids is 1. The molecule has 0 spiro atoms. The summed E-state index contributed by atoms with van der Waals surface area (Å²) in [7, 11) is 0. The molecule has 6 nitrogen and oxygen atoms in total. The molecule has 1 amide bonds. The van der Waals surface area contributed by atoms with E-state index in [9.17, 15) is 9.59 Å². The van der Waals surface area contributed by atoms with Crippen LogP contribution in [0.4, 0.5) is 5.13 Å². The first-order valence-corrected chi connectivity index (χ1v) is 9.22. The first-order chi connectivity index (χ1) is 12.4. The number of anilines is 1. The van der Waals surface area contributed by atoms with Crippen LogP contribution in [0.2, 0.25) is 10.0 Å². The van der Waals surface area contributed by atoms with E-state index >= 15 is 0 Å². The van der Waals surface area contributed by atoms with Crippen LogP contribution in [0.3, 0.4) is 0 Å². The number of nitrogens with one attached hydrogen (secondary N) is 1. The van der Waals surface area contributed by atoms with Crippen LogP contribution in [-0.2, 0) is 17.8 Å². The van der Waals surface area contributed by atoms with Gasteiger partial charge in [0.05, 0.1) is 15.7 Å². The smallest absolute Gasteiger partial charge is 0.267 e. The lowest BCUT2D eigenvalue weighted by molar-refractivity contribution is -0.117. The van der Waals surface area contributed by atoms with Gasteiger partial charge in [-0.05, 0) is 24.6 Å². The van der Waals surface area contributed by atoms with E-state index in [0.29, 0.717) is 27.3 Å². The first-order valence-electron chi connectivity index (χ1n) is 7.64. The number of nitrogens with zero attached hydrogens (tertiary/aromatic N) is 3. The highest BCUT2D eigenvalue weighted by molar-refractivity contribution is 7.15. The normalized spacial score (nSPS) is 10.7. The van der Waals surface area contributed by atoms with E-state index < -0.39 is 0 Å². The Morgan fingerprint density at radius 1 is 1.27 bits per heavy atom. The summed E-state index contributed by atoms with van der Waals surface area (Å²) < 4.78 is 1.12. The zero-order valence-electron chi connectivity index (χ0n) is 13.7. The van der Waals surface area contributed by atoms with E-state index in [1.54, 1.807) is 25.3 Å². The summed E-state index contributed by atoms with van der Waals surface area (Å²) in [6, 6.07) is 8.44. The molecule has 0 bridgehead atoms. The van der Waals surface area contributed by atoms with E-state index in [4.69, 9.17) is 23.2 Å². The Labute approximate surface area is 163 Å². The standard InChI is InChI=1S/C17H14Cl2N4O2S/c1-10-5-6-15(25)23(22-10)9-14(24)21-17-20-8-12(26-17)7-11-3-2-4-13(18)16(11)19/h2-6,8H,7,9H2,1H3,(H,20,21,24). The van der Waals surface area contributed by atoms with Crippen molar-refractivity contribution in [1.82, 2.24) is 14.8 Å². The third-order valence-electron chi connectivity index (χ3n) is 3.49. The second-order valence-corrected chi connectivity index (χ2v) is 7.44. The number of benzene rings is 1. The fraction of sp³-hybridized carbons (Fsp3) is 0.176. The zero-order chi connectivity index (χ0) is 18.7. The number of hydrogen-bond acceptors (Lipinski definition) is 5. The highest BCUT2D eigenvalue weighted by Gasteiger charge is 2.11. The summed E-state index contributed by atoms with van der Waals surface area (Å²) in [6.45, 7) is 1.58. The van der Waals surface area contributed by atoms with Gasteiger partial charge in [0, 0.05) is 23.6 Å². The number of thiazole rings is 1. The number of aryl methyl sites for hydroxylation is 1. The third kappa shape index (κ3) is 4.49. The summed E-state index contributed by atoms with van der Waals surface area (Å²) in [5.41, 5.74) is 1.21. The van der Waals surface area contributed by atoms with Gasteiger partial charge in [0.2, 0.25) is 5.91 Å². The van der Waals surface area contributed by atoms with Gasteiger partial charge in [0.15, 0.2) is 5.13 Å². The largest absolute Gasteiger partial charge is 0.300 e. The van der Waals surface area contributed by atoms with E-state index in [0.717, 1.165) is 15.1 Å². The number of rotatable bonds is 5. The molecular formula is C17H14Cl2N4O2S. The van der Waals surface area contributed by atoms with Crippen molar-refractivity contribution >= 4 is 45.6 Å². The van der Waals surface area contributed by atoms with Gasteiger partial charge in [-0.2, -0.15) is 5.10 Å². The van der Waals surface area contributed by atoms with Gasteiger partial charge in [-0.1, -0.05) is 35.3 Å². The third-order valence-corrected chi connectivity index (χ3v) is 5.26. The Morgan fingerprint density at radius 2 is 2.08 bits per heavy atom. The van der Waals surface area contributed by atoms with Crippen molar-refractivity contribution < 1.29 is 4.79 Å². The number of hydrogen-bond donors (Lipinski definition) is 1. The topological polar surface area (TPSA) is 76.9 Å². The summed E-state index contributed by atoms with van der Waals surface area (Å²) >= 11 is 13.6. The van der Waals surface area contributed by atoms with Crippen LogP contribution >= 0.6 is 34.5 Å². The Balaban J connectivity index is 1.66. The molecule has 9 heteroatoms. The molecule has 0 unspecified atom stereocenters. The van der Waals surface area contributed by atoms with Crippen LogP contribution in [0.5, 0.6) is 0 Å². The van der Waals surface area contributed by atoms with E-state index in [1.165, 1.54) is 17.4 Å². The molecule has 2 aromatic heterocycles. The first kappa shape index (κ1) is 18.6. The molecule has 1 aromatic carbocycles. The predicted octanol–water partition coefficient (Wildman–Crippen LogP) is 3.54. The van der Waals surface area contributed by atoms with Crippen LogP contribution in [0.1, 0.15) is 16.1 Å². The molecule has 2 heterocycles. The van der Waals surface area contributed by atoms with Gasteiger partial charge >= 0.3 is 0 Å². The van der Waals surface area contributed by atoms with Crippen LogP contribution in [-0.4, -0.2) is 20.7 Å². The summed E-state index contributed by atoms with van der Waals surface area (Å²) in [6.07, 6.45) is 2.24. The monoisotopic (exact) mass is 408 g/mol. The molecule has 0 aliphatic heterocycles. The SMILES string of the molecule is Cc1ccc(=O)n(CC(=O)Nc2ncc(Cc3cccc(Cl)c3Cl)s2)n1. The molecule has 0 saturated heterocycles. The second-order valence-electron chi connectivity index (χ2n) is 5.54.